The molecule has 1 amide bonds. The Bertz CT molecular complexity index is 938. The normalized spacial score (nSPS) is 16.9. The number of methoxy groups -OCH3 is 1. The number of ether oxygens (including phenoxy) is 1. The lowest BCUT2D eigenvalue weighted by Gasteiger charge is -2.31. The van der Waals surface area contributed by atoms with E-state index in [2.05, 4.69) is 21.2 Å². The van der Waals surface area contributed by atoms with Crippen molar-refractivity contribution in [3.63, 3.8) is 0 Å². The maximum Gasteiger partial charge on any atom is 0.243 e. The lowest BCUT2D eigenvalue weighted by Crippen LogP contribution is -2.43. The van der Waals surface area contributed by atoms with Crippen LogP contribution in [0, 0.1) is 5.92 Å². The summed E-state index contributed by atoms with van der Waals surface area (Å²) >= 11 is 3.32. The summed E-state index contributed by atoms with van der Waals surface area (Å²) in [5, 5.41) is 3.04. The molecule has 1 saturated heterocycles. The summed E-state index contributed by atoms with van der Waals surface area (Å²) < 4.78 is 33.0. The van der Waals surface area contributed by atoms with Crippen molar-refractivity contribution in [3.05, 3.63) is 58.6 Å². The van der Waals surface area contributed by atoms with Gasteiger partial charge in [0.25, 0.3) is 0 Å². The smallest absolute Gasteiger partial charge is 0.243 e. The van der Waals surface area contributed by atoms with Crippen LogP contribution in [0.15, 0.2) is 57.9 Å². The molecule has 0 bridgehead atoms. The summed E-state index contributed by atoms with van der Waals surface area (Å²) in [6.45, 7) is 2.62. The first-order chi connectivity index (χ1) is 13.8. The summed E-state index contributed by atoms with van der Waals surface area (Å²) in [5.41, 5.74) is 0.995. The van der Waals surface area contributed by atoms with Crippen LogP contribution in [-0.4, -0.2) is 38.8 Å². The number of amides is 1. The van der Waals surface area contributed by atoms with E-state index < -0.39 is 10.0 Å². The minimum atomic E-state index is -3.53. The second kappa shape index (κ2) is 9.28. The van der Waals surface area contributed by atoms with Crippen LogP contribution in [-0.2, 0) is 14.8 Å². The van der Waals surface area contributed by atoms with Gasteiger partial charge in [-0.3, -0.25) is 4.79 Å². The number of piperidine rings is 1. The Morgan fingerprint density at radius 2 is 1.69 bits per heavy atom. The average Bonchev–Trinajstić information content (AvgIpc) is 2.74. The number of hydrogen-bond donors (Lipinski definition) is 1. The van der Waals surface area contributed by atoms with Crippen LogP contribution in [0.4, 0.5) is 0 Å². The molecule has 0 aromatic heterocycles. The van der Waals surface area contributed by atoms with Crippen molar-refractivity contribution in [2.75, 3.05) is 20.2 Å². The molecule has 3 rings (SSSR count). The first-order valence-electron chi connectivity index (χ1n) is 9.51. The molecule has 1 heterocycles. The van der Waals surface area contributed by atoms with Gasteiger partial charge in [0, 0.05) is 23.5 Å². The van der Waals surface area contributed by atoms with Gasteiger partial charge in [-0.1, -0.05) is 28.1 Å². The van der Waals surface area contributed by atoms with E-state index in [1.807, 2.05) is 31.2 Å². The molecular formula is C21H25BrN2O4S. The fourth-order valence-corrected chi connectivity index (χ4v) is 5.16. The Morgan fingerprint density at radius 3 is 2.24 bits per heavy atom. The highest BCUT2D eigenvalue weighted by atomic mass is 79.9. The molecule has 0 unspecified atom stereocenters. The lowest BCUT2D eigenvalue weighted by molar-refractivity contribution is -0.126. The second-order valence-corrected chi connectivity index (χ2v) is 9.99. The number of nitrogens with zero attached hydrogens (tertiary/aromatic N) is 1. The van der Waals surface area contributed by atoms with Crippen molar-refractivity contribution in [1.82, 2.24) is 9.62 Å². The zero-order valence-electron chi connectivity index (χ0n) is 16.5. The number of rotatable bonds is 6. The van der Waals surface area contributed by atoms with Crippen LogP contribution < -0.4 is 10.1 Å². The summed E-state index contributed by atoms with van der Waals surface area (Å²) in [6.07, 6.45) is 1.02. The van der Waals surface area contributed by atoms with Gasteiger partial charge in [0.1, 0.15) is 5.75 Å². The highest BCUT2D eigenvalue weighted by molar-refractivity contribution is 9.10. The standard InChI is InChI=1S/C21H25BrN2O4S/c1-15(16-3-7-19(28-2)8-4-16)23-21(25)17-11-13-24(14-12-17)29(26,27)20-9-5-18(22)6-10-20/h3-10,15,17H,11-14H2,1-2H3,(H,23,25)/t15-/m0/s1. The molecule has 8 heteroatoms. The third-order valence-electron chi connectivity index (χ3n) is 5.25. The van der Waals surface area contributed by atoms with Crippen LogP contribution in [0.1, 0.15) is 31.4 Å². The molecule has 0 radical (unpaired) electrons. The highest BCUT2D eigenvalue weighted by Gasteiger charge is 2.32. The van der Waals surface area contributed by atoms with Gasteiger partial charge in [-0.05, 0) is 61.7 Å². The van der Waals surface area contributed by atoms with Crippen molar-refractivity contribution in [2.24, 2.45) is 5.92 Å². The molecular weight excluding hydrogens is 456 g/mol. The number of sulfonamides is 1. The van der Waals surface area contributed by atoms with Gasteiger partial charge in [-0.2, -0.15) is 4.31 Å². The molecule has 2 aromatic carbocycles. The Morgan fingerprint density at radius 1 is 1.10 bits per heavy atom. The van der Waals surface area contributed by atoms with Crippen molar-refractivity contribution in [3.8, 4) is 5.75 Å². The van der Waals surface area contributed by atoms with E-state index in [0.29, 0.717) is 25.9 Å². The number of carbonyl (C=O) groups excluding carboxylic acids is 1. The molecule has 1 aliphatic heterocycles. The fourth-order valence-electron chi connectivity index (χ4n) is 3.42. The Labute approximate surface area is 180 Å². The minimum Gasteiger partial charge on any atom is -0.497 e. The third-order valence-corrected chi connectivity index (χ3v) is 7.69. The molecule has 29 heavy (non-hydrogen) atoms. The maximum atomic E-state index is 12.8. The van der Waals surface area contributed by atoms with E-state index in [9.17, 15) is 13.2 Å². The lowest BCUT2D eigenvalue weighted by atomic mass is 9.96. The van der Waals surface area contributed by atoms with E-state index in [1.54, 1.807) is 31.4 Å². The van der Waals surface area contributed by atoms with Crippen LogP contribution in [0.3, 0.4) is 0 Å². The predicted molar refractivity (Wildman–Crippen MR) is 115 cm³/mol. The van der Waals surface area contributed by atoms with Gasteiger partial charge in [0.15, 0.2) is 0 Å². The van der Waals surface area contributed by atoms with Gasteiger partial charge in [-0.25, -0.2) is 8.42 Å². The zero-order chi connectivity index (χ0) is 21.0. The van der Waals surface area contributed by atoms with E-state index in [4.69, 9.17) is 4.74 Å². The van der Waals surface area contributed by atoms with Crippen LogP contribution in [0.2, 0.25) is 0 Å². The SMILES string of the molecule is COc1ccc([C@H](C)NC(=O)C2CCN(S(=O)(=O)c3ccc(Br)cc3)CC2)cc1. The van der Waals surface area contributed by atoms with Crippen molar-refractivity contribution >= 4 is 31.9 Å². The summed E-state index contributed by atoms with van der Waals surface area (Å²) in [6, 6.07) is 14.1. The fraction of sp³-hybridized carbons (Fsp3) is 0.381. The van der Waals surface area contributed by atoms with E-state index in [1.165, 1.54) is 4.31 Å². The Kier molecular flexibility index (Phi) is 6.97. The molecule has 1 N–H and O–H groups in total. The monoisotopic (exact) mass is 480 g/mol. The van der Waals surface area contributed by atoms with Crippen molar-refractivity contribution in [2.45, 2.75) is 30.7 Å². The number of benzene rings is 2. The van der Waals surface area contributed by atoms with Crippen molar-refractivity contribution < 1.29 is 17.9 Å². The van der Waals surface area contributed by atoms with Gasteiger partial charge in [0.2, 0.25) is 15.9 Å². The molecule has 1 fully saturated rings. The molecule has 0 aliphatic carbocycles. The van der Waals surface area contributed by atoms with E-state index >= 15 is 0 Å². The van der Waals surface area contributed by atoms with Gasteiger partial charge >= 0.3 is 0 Å². The molecule has 1 aliphatic rings. The summed E-state index contributed by atoms with van der Waals surface area (Å²) in [5.74, 6) is 0.549. The summed E-state index contributed by atoms with van der Waals surface area (Å²) in [7, 11) is -1.92. The minimum absolute atomic E-state index is 0.0333. The maximum absolute atomic E-state index is 12.8. The second-order valence-electron chi connectivity index (χ2n) is 7.14. The molecule has 6 nitrogen and oxygen atoms in total. The summed E-state index contributed by atoms with van der Waals surface area (Å²) in [4.78, 5) is 12.9. The van der Waals surface area contributed by atoms with Crippen LogP contribution in [0.5, 0.6) is 5.75 Å². The highest BCUT2D eigenvalue weighted by Crippen LogP contribution is 2.26. The molecule has 2 aromatic rings. The third kappa shape index (κ3) is 5.18. The first-order valence-corrected chi connectivity index (χ1v) is 11.7. The van der Waals surface area contributed by atoms with E-state index in [0.717, 1.165) is 15.8 Å². The number of halogens is 1. The van der Waals surface area contributed by atoms with Crippen LogP contribution in [0.25, 0.3) is 0 Å². The zero-order valence-corrected chi connectivity index (χ0v) is 18.9. The molecule has 156 valence electrons. The number of hydrogen-bond acceptors (Lipinski definition) is 4. The number of nitrogens with one attached hydrogen (secondary N) is 1. The van der Waals surface area contributed by atoms with Crippen molar-refractivity contribution in [1.29, 1.82) is 0 Å². The molecule has 1 atom stereocenters. The average molecular weight is 481 g/mol. The van der Waals surface area contributed by atoms with E-state index in [-0.39, 0.29) is 22.8 Å². The first kappa shape index (κ1) is 21.8. The largest absolute Gasteiger partial charge is 0.497 e. The quantitative estimate of drug-likeness (QED) is 0.682. The predicted octanol–water partition coefficient (Wildman–Crippen LogP) is 3.74. The molecule has 0 spiro atoms. The Hall–Kier alpha value is -1.90. The Balaban J connectivity index is 1.56. The number of carbonyl (C=O) groups is 1. The molecule has 0 saturated carbocycles. The van der Waals surface area contributed by atoms with Crippen LogP contribution >= 0.6 is 15.9 Å². The topological polar surface area (TPSA) is 75.7 Å². The van der Waals surface area contributed by atoms with Gasteiger partial charge in [0.05, 0.1) is 18.0 Å². The van der Waals surface area contributed by atoms with Gasteiger partial charge < -0.3 is 10.1 Å². The van der Waals surface area contributed by atoms with Gasteiger partial charge in [-0.15, -0.1) is 0 Å².